The van der Waals surface area contributed by atoms with E-state index in [-0.39, 0.29) is 11.5 Å². The zero-order valence-corrected chi connectivity index (χ0v) is 9.87. The summed E-state index contributed by atoms with van der Waals surface area (Å²) < 4.78 is 11.1. The fourth-order valence-electron chi connectivity index (χ4n) is 1.85. The van der Waals surface area contributed by atoms with Gasteiger partial charge in [-0.25, -0.2) is 4.79 Å². The second kappa shape index (κ2) is 4.49. The maximum absolute atomic E-state index is 11.3. The smallest absolute Gasteiger partial charge is 0.375 e. The average molecular weight is 254 g/mol. The third-order valence-corrected chi connectivity index (χ3v) is 2.71. The molecule has 1 N–H and O–H groups in total. The number of ether oxygens (including phenoxy) is 2. The molecule has 19 heavy (non-hydrogen) atoms. The average Bonchev–Trinajstić information content (AvgIpc) is 2.46. The second-order valence-electron chi connectivity index (χ2n) is 3.98. The van der Waals surface area contributed by atoms with Gasteiger partial charge in [0.15, 0.2) is 17.3 Å². The summed E-state index contributed by atoms with van der Waals surface area (Å²) in [6.45, 7) is 0. The van der Waals surface area contributed by atoms with E-state index in [4.69, 9.17) is 9.47 Å². The van der Waals surface area contributed by atoms with E-state index in [0.29, 0.717) is 17.1 Å². The lowest BCUT2D eigenvalue weighted by molar-refractivity contribution is -0.135. The van der Waals surface area contributed by atoms with Gasteiger partial charge in [0.1, 0.15) is 0 Å². The Labute approximate surface area is 109 Å². The summed E-state index contributed by atoms with van der Waals surface area (Å²) in [6.07, 6.45) is 0. The number of fused-ring (bicyclic) bond motifs is 1. The van der Waals surface area contributed by atoms with Gasteiger partial charge in [0.25, 0.3) is 5.76 Å². The van der Waals surface area contributed by atoms with Crippen LogP contribution in [-0.4, -0.2) is 11.1 Å². The van der Waals surface area contributed by atoms with Crippen molar-refractivity contribution < 1.29 is 19.4 Å². The second-order valence-corrected chi connectivity index (χ2v) is 3.98. The molecule has 0 atom stereocenters. The minimum absolute atomic E-state index is 0.204. The zero-order chi connectivity index (χ0) is 13.2. The van der Waals surface area contributed by atoms with Gasteiger partial charge in [-0.1, -0.05) is 42.5 Å². The van der Waals surface area contributed by atoms with Crippen LogP contribution >= 0.6 is 0 Å². The third-order valence-electron chi connectivity index (χ3n) is 2.71. The molecule has 1 heterocycles. The van der Waals surface area contributed by atoms with Crippen LogP contribution < -0.4 is 9.47 Å². The molecule has 4 nitrogen and oxygen atoms in total. The van der Waals surface area contributed by atoms with Gasteiger partial charge in [-0.05, 0) is 12.1 Å². The molecule has 0 aromatic heterocycles. The minimum atomic E-state index is -1.16. The van der Waals surface area contributed by atoms with Crippen LogP contribution in [0.3, 0.4) is 0 Å². The van der Waals surface area contributed by atoms with Gasteiger partial charge in [0.05, 0.1) is 0 Å². The van der Waals surface area contributed by atoms with Crippen LogP contribution in [0.4, 0.5) is 0 Å². The first-order valence-corrected chi connectivity index (χ1v) is 5.73. The summed E-state index contributed by atoms with van der Waals surface area (Å²) in [6, 6.07) is 16.0. The first-order chi connectivity index (χ1) is 9.25. The summed E-state index contributed by atoms with van der Waals surface area (Å²) in [7, 11) is 0. The molecule has 2 aromatic carbocycles. The Bertz CT molecular complexity index is 659. The van der Waals surface area contributed by atoms with Crippen LogP contribution in [-0.2, 0) is 4.79 Å². The number of carbonyl (C=O) groups is 1. The maximum atomic E-state index is 11.3. The molecule has 0 amide bonds. The number of para-hydroxylation sites is 2. The molecule has 0 bridgehead atoms. The van der Waals surface area contributed by atoms with Gasteiger partial charge in [-0.3, -0.25) is 0 Å². The van der Waals surface area contributed by atoms with Crippen molar-refractivity contribution >= 4 is 11.7 Å². The number of hydrogen-bond acceptors (Lipinski definition) is 3. The highest BCUT2D eigenvalue weighted by Crippen LogP contribution is 2.37. The summed E-state index contributed by atoms with van der Waals surface area (Å²) in [5.41, 5.74) is 0.661. The van der Waals surface area contributed by atoms with Gasteiger partial charge < -0.3 is 14.6 Å². The molecule has 0 fully saturated rings. The van der Waals surface area contributed by atoms with E-state index in [1.165, 1.54) is 0 Å². The topological polar surface area (TPSA) is 55.8 Å². The largest absolute Gasteiger partial charge is 0.475 e. The number of benzene rings is 2. The molecule has 0 unspecified atom stereocenters. The molecule has 0 radical (unpaired) electrons. The van der Waals surface area contributed by atoms with E-state index < -0.39 is 5.97 Å². The van der Waals surface area contributed by atoms with Gasteiger partial charge in [0, 0.05) is 5.56 Å². The van der Waals surface area contributed by atoms with E-state index in [2.05, 4.69) is 0 Å². The molecule has 0 spiro atoms. The number of aliphatic carboxylic acids is 1. The van der Waals surface area contributed by atoms with Crippen LogP contribution in [0.5, 0.6) is 11.5 Å². The van der Waals surface area contributed by atoms with Crippen molar-refractivity contribution in [2.45, 2.75) is 0 Å². The molecule has 0 aliphatic carbocycles. The third kappa shape index (κ3) is 2.04. The lowest BCUT2D eigenvalue weighted by atomic mass is 10.1. The quantitative estimate of drug-likeness (QED) is 0.895. The van der Waals surface area contributed by atoms with Gasteiger partial charge in [0.2, 0.25) is 0 Å². The van der Waals surface area contributed by atoms with Gasteiger partial charge >= 0.3 is 5.97 Å². The fourth-order valence-corrected chi connectivity index (χ4v) is 1.85. The lowest BCUT2D eigenvalue weighted by Crippen LogP contribution is -2.17. The molecular formula is C15H10O4. The zero-order valence-electron chi connectivity index (χ0n) is 9.87. The van der Waals surface area contributed by atoms with E-state index in [1.807, 2.05) is 18.2 Å². The van der Waals surface area contributed by atoms with Crippen molar-refractivity contribution in [2.24, 2.45) is 0 Å². The molecule has 0 saturated carbocycles. The van der Waals surface area contributed by atoms with Gasteiger partial charge in [-0.15, -0.1) is 0 Å². The molecule has 4 heteroatoms. The maximum Gasteiger partial charge on any atom is 0.375 e. The van der Waals surface area contributed by atoms with Crippen LogP contribution in [0.2, 0.25) is 0 Å². The highest BCUT2D eigenvalue weighted by molar-refractivity contribution is 5.94. The standard InChI is InChI=1S/C15H10O4/c16-15(17)14-13(10-6-2-1-3-7-10)18-11-8-4-5-9-12(11)19-14/h1-9H,(H,16,17). The Morgan fingerprint density at radius 2 is 1.42 bits per heavy atom. The van der Waals surface area contributed by atoms with Crippen LogP contribution in [0.1, 0.15) is 5.56 Å². The normalized spacial score (nSPS) is 13.3. The van der Waals surface area contributed by atoms with Crippen molar-refractivity contribution in [3.8, 4) is 11.5 Å². The monoisotopic (exact) mass is 254 g/mol. The lowest BCUT2D eigenvalue weighted by Gasteiger charge is -2.21. The van der Waals surface area contributed by atoms with Gasteiger partial charge in [-0.2, -0.15) is 0 Å². The Balaban J connectivity index is 2.12. The number of carboxylic acids is 1. The van der Waals surface area contributed by atoms with E-state index in [0.717, 1.165) is 0 Å². The van der Waals surface area contributed by atoms with Crippen molar-refractivity contribution in [1.29, 1.82) is 0 Å². The first-order valence-electron chi connectivity index (χ1n) is 5.73. The predicted octanol–water partition coefficient (Wildman–Crippen LogP) is 2.91. The van der Waals surface area contributed by atoms with Crippen molar-refractivity contribution in [3.63, 3.8) is 0 Å². The summed E-state index contributed by atoms with van der Waals surface area (Å²) in [4.78, 5) is 11.3. The number of carboxylic acid groups (broad SMARTS) is 1. The molecular weight excluding hydrogens is 244 g/mol. The highest BCUT2D eigenvalue weighted by atomic mass is 16.6. The molecule has 3 rings (SSSR count). The highest BCUT2D eigenvalue weighted by Gasteiger charge is 2.27. The minimum Gasteiger partial charge on any atom is -0.475 e. The van der Waals surface area contributed by atoms with Crippen molar-refractivity contribution in [2.75, 3.05) is 0 Å². The Hall–Kier alpha value is -2.75. The number of rotatable bonds is 2. The summed E-state index contributed by atoms with van der Waals surface area (Å²) in [5.74, 6) is -0.240. The molecule has 94 valence electrons. The molecule has 1 aliphatic rings. The molecule has 1 aliphatic heterocycles. The summed E-state index contributed by atoms with van der Waals surface area (Å²) >= 11 is 0. The van der Waals surface area contributed by atoms with E-state index >= 15 is 0 Å². The number of hydrogen-bond donors (Lipinski definition) is 1. The first kappa shape index (κ1) is 11.3. The fraction of sp³-hybridized carbons (Fsp3) is 0. The van der Waals surface area contributed by atoms with Crippen LogP contribution in [0.25, 0.3) is 5.76 Å². The van der Waals surface area contributed by atoms with E-state index in [1.54, 1.807) is 36.4 Å². The predicted molar refractivity (Wildman–Crippen MR) is 68.7 cm³/mol. The Morgan fingerprint density at radius 3 is 2.05 bits per heavy atom. The van der Waals surface area contributed by atoms with Crippen LogP contribution in [0.15, 0.2) is 60.4 Å². The van der Waals surface area contributed by atoms with Crippen molar-refractivity contribution in [3.05, 3.63) is 65.9 Å². The summed E-state index contributed by atoms with van der Waals surface area (Å²) in [5, 5.41) is 9.23. The Kier molecular flexibility index (Phi) is 2.68. The Morgan fingerprint density at radius 1 is 0.842 bits per heavy atom. The van der Waals surface area contributed by atoms with Crippen LogP contribution in [0, 0.1) is 0 Å². The molecule has 2 aromatic rings. The van der Waals surface area contributed by atoms with E-state index in [9.17, 15) is 9.90 Å². The van der Waals surface area contributed by atoms with Crippen molar-refractivity contribution in [1.82, 2.24) is 0 Å². The SMILES string of the molecule is O=C(O)C1=C(c2ccccc2)Oc2ccccc2O1. The molecule has 0 saturated heterocycles.